The molecule has 184 valence electrons. The Morgan fingerprint density at radius 2 is 2.03 bits per heavy atom. The molecule has 2 aromatic heterocycles. The fourth-order valence-corrected chi connectivity index (χ4v) is 4.28. The molecule has 0 saturated carbocycles. The van der Waals surface area contributed by atoms with E-state index in [0.717, 1.165) is 32.0 Å². The zero-order valence-corrected chi connectivity index (χ0v) is 19.0. The lowest BCUT2D eigenvalue weighted by Gasteiger charge is -2.31. The van der Waals surface area contributed by atoms with Crippen molar-refractivity contribution in [3.63, 3.8) is 0 Å². The van der Waals surface area contributed by atoms with Crippen molar-refractivity contribution in [2.75, 3.05) is 26.2 Å². The van der Waals surface area contributed by atoms with E-state index >= 15 is 0 Å². The third-order valence-corrected chi connectivity index (χ3v) is 6.16. The van der Waals surface area contributed by atoms with Gasteiger partial charge in [-0.3, -0.25) is 9.69 Å². The highest BCUT2D eigenvalue weighted by molar-refractivity contribution is 5.83. The first-order valence-electron chi connectivity index (χ1n) is 11.1. The average molecular weight is 487 g/mol. The number of aryl methyl sites for hydroxylation is 1. The number of halogens is 3. The number of aromatic nitrogens is 4. The Morgan fingerprint density at radius 3 is 2.69 bits per heavy atom. The molecular formula is C23H24F3N7O2. The maximum Gasteiger partial charge on any atom is 0.419 e. The molecule has 1 saturated heterocycles. The fraction of sp³-hybridized carbons (Fsp3) is 0.435. The number of benzene rings is 1. The number of hydrogen-bond donors (Lipinski definition) is 1. The number of rotatable bonds is 7. The van der Waals surface area contributed by atoms with Gasteiger partial charge in [0.05, 0.1) is 29.9 Å². The van der Waals surface area contributed by atoms with Crippen LogP contribution < -0.4 is 10.5 Å². The first-order chi connectivity index (χ1) is 16.7. The van der Waals surface area contributed by atoms with Crippen molar-refractivity contribution in [2.24, 2.45) is 18.7 Å². The summed E-state index contributed by atoms with van der Waals surface area (Å²) in [5, 5.41) is 17.1. The smallest absolute Gasteiger partial charge is 0.419 e. The van der Waals surface area contributed by atoms with E-state index < -0.39 is 11.7 Å². The largest absolute Gasteiger partial charge is 0.493 e. The van der Waals surface area contributed by atoms with Crippen molar-refractivity contribution in [1.82, 2.24) is 24.9 Å². The van der Waals surface area contributed by atoms with E-state index in [1.54, 1.807) is 13.1 Å². The van der Waals surface area contributed by atoms with Crippen LogP contribution >= 0.6 is 0 Å². The second-order valence-electron chi connectivity index (χ2n) is 8.58. The molecule has 35 heavy (non-hydrogen) atoms. The molecule has 0 bridgehead atoms. The summed E-state index contributed by atoms with van der Waals surface area (Å²) in [7, 11) is 1.62. The van der Waals surface area contributed by atoms with Crippen LogP contribution in [0.5, 0.6) is 5.75 Å². The summed E-state index contributed by atoms with van der Waals surface area (Å²) >= 11 is 0. The van der Waals surface area contributed by atoms with Crippen LogP contribution in [-0.4, -0.2) is 57.0 Å². The molecule has 0 spiro atoms. The molecule has 0 radical (unpaired) electrons. The van der Waals surface area contributed by atoms with Gasteiger partial charge in [-0.05, 0) is 62.5 Å². The van der Waals surface area contributed by atoms with Gasteiger partial charge in [0, 0.05) is 12.6 Å². The summed E-state index contributed by atoms with van der Waals surface area (Å²) < 4.78 is 48.6. The molecule has 1 aliphatic rings. The number of carbonyl (C=O) groups excluding carboxylic acids is 1. The summed E-state index contributed by atoms with van der Waals surface area (Å²) in [6.45, 7) is 1.82. The number of nitrogens with two attached hydrogens (primary N) is 1. The molecule has 0 aliphatic carbocycles. The van der Waals surface area contributed by atoms with Gasteiger partial charge in [0.15, 0.2) is 5.69 Å². The number of nitriles is 1. The van der Waals surface area contributed by atoms with Crippen LogP contribution in [-0.2, 0) is 18.0 Å². The van der Waals surface area contributed by atoms with Gasteiger partial charge < -0.3 is 10.5 Å². The quantitative estimate of drug-likeness (QED) is 0.544. The lowest BCUT2D eigenvalue weighted by Crippen LogP contribution is -2.39. The number of fused-ring (bicyclic) bond motifs is 1. The van der Waals surface area contributed by atoms with E-state index in [1.165, 1.54) is 16.8 Å². The molecule has 0 unspecified atom stereocenters. The van der Waals surface area contributed by atoms with Gasteiger partial charge in [-0.15, -0.1) is 5.10 Å². The maximum atomic E-state index is 13.9. The molecule has 9 nitrogen and oxygen atoms in total. The number of amides is 1. The number of carbonyl (C=O) groups is 1. The Bertz CT molecular complexity index is 1270. The maximum absolute atomic E-state index is 13.9. The van der Waals surface area contributed by atoms with Crippen LogP contribution in [0.15, 0.2) is 24.3 Å². The molecule has 3 aromatic rings. The van der Waals surface area contributed by atoms with Crippen LogP contribution in [0.3, 0.4) is 0 Å². The van der Waals surface area contributed by atoms with Crippen molar-refractivity contribution in [3.8, 4) is 23.1 Å². The summed E-state index contributed by atoms with van der Waals surface area (Å²) in [6.07, 6.45) is -2.36. The molecule has 1 aromatic carbocycles. The molecular weight excluding hydrogens is 463 g/mol. The first-order valence-corrected chi connectivity index (χ1v) is 11.1. The van der Waals surface area contributed by atoms with Gasteiger partial charge in [-0.2, -0.15) is 18.4 Å². The van der Waals surface area contributed by atoms with Gasteiger partial charge in [-0.1, -0.05) is 5.21 Å². The number of hydrogen-bond acceptors (Lipinski definition) is 7. The van der Waals surface area contributed by atoms with Gasteiger partial charge in [0.2, 0.25) is 5.91 Å². The zero-order chi connectivity index (χ0) is 25.2. The van der Waals surface area contributed by atoms with E-state index in [9.17, 15) is 23.2 Å². The predicted molar refractivity (Wildman–Crippen MR) is 120 cm³/mol. The molecule has 2 N–H and O–H groups in total. The third kappa shape index (κ3) is 5.51. The lowest BCUT2D eigenvalue weighted by molar-refractivity contribution is -0.139. The normalized spacial score (nSPS) is 15.3. The topological polar surface area (TPSA) is 123 Å². The monoisotopic (exact) mass is 487 g/mol. The van der Waals surface area contributed by atoms with Crippen molar-refractivity contribution in [3.05, 3.63) is 35.5 Å². The van der Waals surface area contributed by atoms with Gasteiger partial charge >= 0.3 is 6.18 Å². The van der Waals surface area contributed by atoms with Crippen molar-refractivity contribution in [2.45, 2.75) is 25.4 Å². The second kappa shape index (κ2) is 9.87. The molecule has 0 atom stereocenters. The number of pyridine rings is 1. The second-order valence-corrected chi connectivity index (χ2v) is 8.58. The van der Waals surface area contributed by atoms with Crippen LogP contribution in [0.1, 0.15) is 30.5 Å². The van der Waals surface area contributed by atoms with Crippen molar-refractivity contribution in [1.29, 1.82) is 5.26 Å². The summed E-state index contributed by atoms with van der Waals surface area (Å²) in [5.74, 6) is -0.317. The van der Waals surface area contributed by atoms with Gasteiger partial charge in [0.25, 0.3) is 0 Å². The minimum Gasteiger partial charge on any atom is -0.493 e. The standard InChI is InChI=1S/C23H24F3N7O2/c1-32-19-11-17(29-18(12-27)22(19)30-31-32)15-2-3-20(16(10-15)23(24,25)26)35-9-6-14-4-7-33(8-5-14)13-21(28)34/h2-3,10-11,14H,4-9,13H2,1H3,(H2,28,34). The number of piperidine rings is 1. The number of primary amides is 1. The van der Waals surface area contributed by atoms with Crippen LogP contribution in [0, 0.1) is 17.2 Å². The Morgan fingerprint density at radius 1 is 1.29 bits per heavy atom. The Kier molecular flexibility index (Phi) is 6.88. The Hall–Kier alpha value is -3.72. The van der Waals surface area contributed by atoms with E-state index in [1.807, 2.05) is 11.0 Å². The van der Waals surface area contributed by atoms with Crippen molar-refractivity contribution < 1.29 is 22.7 Å². The number of likely N-dealkylation sites (tertiary alicyclic amines) is 1. The SMILES string of the molecule is Cn1nnc2c(C#N)nc(-c3ccc(OCCC4CCN(CC(N)=O)CC4)c(C(F)(F)F)c3)cc21. The molecule has 12 heteroatoms. The van der Waals surface area contributed by atoms with E-state index in [0.29, 0.717) is 17.9 Å². The molecule has 4 rings (SSSR count). The summed E-state index contributed by atoms with van der Waals surface area (Å²) in [4.78, 5) is 17.2. The van der Waals surface area contributed by atoms with Crippen LogP contribution in [0.4, 0.5) is 13.2 Å². The Balaban J connectivity index is 1.50. The fourth-order valence-electron chi connectivity index (χ4n) is 4.28. The van der Waals surface area contributed by atoms with Gasteiger partial charge in [0.1, 0.15) is 17.3 Å². The van der Waals surface area contributed by atoms with Gasteiger partial charge in [-0.25, -0.2) is 9.67 Å². The highest BCUT2D eigenvalue weighted by atomic mass is 19.4. The van der Waals surface area contributed by atoms with Crippen molar-refractivity contribution >= 4 is 16.9 Å². The number of nitrogens with zero attached hydrogens (tertiary/aromatic N) is 6. The van der Waals surface area contributed by atoms with Crippen LogP contribution in [0.25, 0.3) is 22.3 Å². The molecule has 3 heterocycles. The minimum absolute atomic E-state index is 0.0126. The summed E-state index contributed by atoms with van der Waals surface area (Å²) in [5.41, 5.74) is 5.49. The molecule has 1 amide bonds. The highest BCUT2D eigenvalue weighted by Gasteiger charge is 2.35. The average Bonchev–Trinajstić information content (AvgIpc) is 3.19. The minimum atomic E-state index is -4.64. The Labute approximate surface area is 199 Å². The van der Waals surface area contributed by atoms with E-state index in [4.69, 9.17) is 10.5 Å². The highest BCUT2D eigenvalue weighted by Crippen LogP contribution is 2.39. The summed E-state index contributed by atoms with van der Waals surface area (Å²) in [6, 6.07) is 7.23. The zero-order valence-electron chi connectivity index (χ0n) is 19.0. The lowest BCUT2D eigenvalue weighted by atomic mass is 9.94. The molecule has 1 aliphatic heterocycles. The number of alkyl halides is 3. The van der Waals surface area contributed by atoms with E-state index in [2.05, 4.69) is 15.3 Å². The third-order valence-electron chi connectivity index (χ3n) is 6.16. The number of ether oxygens (including phenoxy) is 1. The first kappa shape index (κ1) is 24.4. The van der Waals surface area contributed by atoms with E-state index in [-0.39, 0.29) is 47.3 Å². The predicted octanol–water partition coefficient (Wildman–Crippen LogP) is 2.89. The van der Waals surface area contributed by atoms with Crippen LogP contribution in [0.2, 0.25) is 0 Å². The molecule has 1 fully saturated rings.